The number of carboxylic acids is 1. The Hall–Kier alpha value is -1.44. The summed E-state index contributed by atoms with van der Waals surface area (Å²) in [4.78, 5) is 11.1. The molecule has 0 bridgehead atoms. The average Bonchev–Trinajstić information content (AvgIpc) is 2.47. The molecule has 1 saturated heterocycles. The van der Waals surface area contributed by atoms with Crippen molar-refractivity contribution in [2.45, 2.75) is 24.7 Å². The first-order chi connectivity index (χ1) is 9.86. The van der Waals surface area contributed by atoms with E-state index < -0.39 is 16.0 Å². The van der Waals surface area contributed by atoms with Gasteiger partial charge in [0.1, 0.15) is 0 Å². The number of nitrogens with zero attached hydrogens (tertiary/aromatic N) is 1. The Morgan fingerprint density at radius 1 is 1.33 bits per heavy atom. The summed E-state index contributed by atoms with van der Waals surface area (Å²) in [6.45, 7) is 2.40. The van der Waals surface area contributed by atoms with E-state index in [2.05, 4.69) is 0 Å². The van der Waals surface area contributed by atoms with Gasteiger partial charge in [0.05, 0.1) is 10.5 Å². The molecule has 0 unspecified atom stereocenters. The second kappa shape index (κ2) is 6.13. The van der Waals surface area contributed by atoms with Crippen molar-refractivity contribution in [3.63, 3.8) is 0 Å². The van der Waals surface area contributed by atoms with Crippen molar-refractivity contribution < 1.29 is 23.4 Å². The number of piperidine rings is 1. The Balaban J connectivity index is 2.28. The standard InChI is InChI=1S/C14H19NO5S/c1-10-2-3-12(8-13(10)14(17)18)21(19,20)15-6-4-11(9-16)5-7-15/h2-3,8,11,16H,4-7,9H2,1H3,(H,17,18). The third-order valence-electron chi connectivity index (χ3n) is 3.91. The first kappa shape index (κ1) is 15.9. The number of carbonyl (C=O) groups is 1. The molecule has 0 spiro atoms. The highest BCUT2D eigenvalue weighted by Crippen LogP contribution is 2.25. The van der Waals surface area contributed by atoms with E-state index in [9.17, 15) is 13.2 Å². The van der Waals surface area contributed by atoms with Crippen LogP contribution in [0.15, 0.2) is 23.1 Å². The van der Waals surface area contributed by atoms with Crippen LogP contribution in [0.1, 0.15) is 28.8 Å². The lowest BCUT2D eigenvalue weighted by Crippen LogP contribution is -2.39. The first-order valence-corrected chi connectivity index (χ1v) is 8.25. The minimum Gasteiger partial charge on any atom is -0.478 e. The van der Waals surface area contributed by atoms with Crippen LogP contribution in [0.5, 0.6) is 0 Å². The summed E-state index contributed by atoms with van der Waals surface area (Å²) in [6, 6.07) is 4.16. The number of aromatic carboxylic acids is 1. The molecule has 0 radical (unpaired) electrons. The number of hydrogen-bond acceptors (Lipinski definition) is 4. The molecule has 1 aliphatic rings. The number of carboxylic acid groups (broad SMARTS) is 1. The molecule has 0 aromatic heterocycles. The predicted octanol–water partition coefficient (Wildman–Crippen LogP) is 1.09. The topological polar surface area (TPSA) is 94.9 Å². The fraction of sp³-hybridized carbons (Fsp3) is 0.500. The lowest BCUT2D eigenvalue weighted by molar-refractivity contribution is 0.0696. The highest BCUT2D eigenvalue weighted by Gasteiger charge is 2.29. The maximum Gasteiger partial charge on any atom is 0.335 e. The van der Waals surface area contributed by atoms with Gasteiger partial charge in [-0.3, -0.25) is 0 Å². The van der Waals surface area contributed by atoms with Crippen LogP contribution in [-0.4, -0.2) is 48.6 Å². The van der Waals surface area contributed by atoms with Crippen molar-refractivity contribution >= 4 is 16.0 Å². The second-order valence-corrected chi connectivity index (χ2v) is 7.25. The molecule has 0 saturated carbocycles. The van der Waals surface area contributed by atoms with Crippen LogP contribution in [0.4, 0.5) is 0 Å². The van der Waals surface area contributed by atoms with E-state index in [1.54, 1.807) is 6.92 Å². The molecule has 21 heavy (non-hydrogen) atoms. The van der Waals surface area contributed by atoms with Crippen LogP contribution in [0, 0.1) is 12.8 Å². The molecule has 0 atom stereocenters. The lowest BCUT2D eigenvalue weighted by atomic mass is 10.00. The average molecular weight is 313 g/mol. The third kappa shape index (κ3) is 3.25. The Morgan fingerprint density at radius 2 is 1.95 bits per heavy atom. The summed E-state index contributed by atoms with van der Waals surface area (Å²) < 4.78 is 26.4. The largest absolute Gasteiger partial charge is 0.478 e. The Labute approximate surface area is 124 Å². The molecular formula is C14H19NO5S. The number of benzene rings is 1. The summed E-state index contributed by atoms with van der Waals surface area (Å²) >= 11 is 0. The zero-order chi connectivity index (χ0) is 15.6. The smallest absolute Gasteiger partial charge is 0.335 e. The zero-order valence-electron chi connectivity index (χ0n) is 11.8. The van der Waals surface area contributed by atoms with Gasteiger partial charge >= 0.3 is 5.97 Å². The van der Waals surface area contributed by atoms with Gasteiger partial charge < -0.3 is 10.2 Å². The van der Waals surface area contributed by atoms with E-state index in [0.29, 0.717) is 31.5 Å². The number of aryl methyl sites for hydroxylation is 1. The fourth-order valence-corrected chi connectivity index (χ4v) is 3.97. The van der Waals surface area contributed by atoms with Gasteiger partial charge in [-0.1, -0.05) is 6.07 Å². The Morgan fingerprint density at radius 3 is 2.48 bits per heavy atom. The van der Waals surface area contributed by atoms with Crippen molar-refractivity contribution in [2.24, 2.45) is 5.92 Å². The number of sulfonamides is 1. The van der Waals surface area contributed by atoms with Crippen LogP contribution in [0.3, 0.4) is 0 Å². The normalized spacial score (nSPS) is 17.8. The molecule has 1 fully saturated rings. The summed E-state index contributed by atoms with van der Waals surface area (Å²) in [5, 5.41) is 18.2. The molecule has 1 aromatic rings. The molecule has 1 aliphatic heterocycles. The summed E-state index contributed by atoms with van der Waals surface area (Å²) in [6.07, 6.45) is 1.24. The van der Waals surface area contributed by atoms with Crippen molar-refractivity contribution in [1.82, 2.24) is 4.31 Å². The summed E-state index contributed by atoms with van der Waals surface area (Å²) in [7, 11) is -3.68. The van der Waals surface area contributed by atoms with Crippen molar-refractivity contribution in [3.8, 4) is 0 Å². The SMILES string of the molecule is Cc1ccc(S(=O)(=O)N2CCC(CO)CC2)cc1C(=O)O. The highest BCUT2D eigenvalue weighted by molar-refractivity contribution is 7.89. The van der Waals surface area contributed by atoms with Gasteiger partial charge in [-0.15, -0.1) is 0 Å². The van der Waals surface area contributed by atoms with Gasteiger partial charge in [-0.05, 0) is 43.4 Å². The molecule has 116 valence electrons. The number of aliphatic hydroxyl groups is 1. The van der Waals surface area contributed by atoms with E-state index >= 15 is 0 Å². The van der Waals surface area contributed by atoms with Gasteiger partial charge in [0.25, 0.3) is 0 Å². The van der Waals surface area contributed by atoms with Crippen LogP contribution in [-0.2, 0) is 10.0 Å². The Kier molecular flexibility index (Phi) is 4.65. The van der Waals surface area contributed by atoms with Crippen LogP contribution >= 0.6 is 0 Å². The zero-order valence-corrected chi connectivity index (χ0v) is 12.6. The van der Waals surface area contributed by atoms with Gasteiger partial charge in [-0.2, -0.15) is 4.31 Å². The van der Waals surface area contributed by atoms with Gasteiger partial charge in [-0.25, -0.2) is 13.2 Å². The van der Waals surface area contributed by atoms with E-state index in [-0.39, 0.29) is 23.0 Å². The molecule has 2 rings (SSSR count). The molecule has 0 aliphatic carbocycles. The fourth-order valence-electron chi connectivity index (χ4n) is 2.47. The molecule has 1 heterocycles. The summed E-state index contributed by atoms with van der Waals surface area (Å²) in [5.41, 5.74) is 0.529. The molecule has 1 aromatic carbocycles. The van der Waals surface area contributed by atoms with Crippen LogP contribution in [0.2, 0.25) is 0 Å². The third-order valence-corrected chi connectivity index (χ3v) is 5.80. The van der Waals surface area contributed by atoms with Gasteiger partial charge in [0.15, 0.2) is 0 Å². The second-order valence-electron chi connectivity index (χ2n) is 5.31. The number of aliphatic hydroxyl groups excluding tert-OH is 1. The highest BCUT2D eigenvalue weighted by atomic mass is 32.2. The monoisotopic (exact) mass is 313 g/mol. The first-order valence-electron chi connectivity index (χ1n) is 6.81. The maximum atomic E-state index is 12.5. The number of hydrogen-bond donors (Lipinski definition) is 2. The molecule has 7 heteroatoms. The molecule has 6 nitrogen and oxygen atoms in total. The number of rotatable bonds is 4. The Bertz CT molecular complexity index is 633. The van der Waals surface area contributed by atoms with E-state index in [1.165, 1.54) is 22.5 Å². The quantitative estimate of drug-likeness (QED) is 0.867. The summed E-state index contributed by atoms with van der Waals surface area (Å²) in [5.74, 6) is -0.993. The predicted molar refractivity (Wildman–Crippen MR) is 76.7 cm³/mol. The van der Waals surface area contributed by atoms with Gasteiger partial charge in [0, 0.05) is 19.7 Å². The minimum atomic E-state index is -3.68. The van der Waals surface area contributed by atoms with Gasteiger partial charge in [0.2, 0.25) is 10.0 Å². The van der Waals surface area contributed by atoms with Crippen molar-refractivity contribution in [3.05, 3.63) is 29.3 Å². The van der Waals surface area contributed by atoms with E-state index in [1.807, 2.05) is 0 Å². The van der Waals surface area contributed by atoms with E-state index in [4.69, 9.17) is 10.2 Å². The molecule has 0 amide bonds. The van der Waals surface area contributed by atoms with Crippen LogP contribution < -0.4 is 0 Å². The van der Waals surface area contributed by atoms with E-state index in [0.717, 1.165) is 0 Å². The minimum absolute atomic E-state index is 0.00122. The van der Waals surface area contributed by atoms with Crippen LogP contribution in [0.25, 0.3) is 0 Å². The van der Waals surface area contributed by atoms with Crippen molar-refractivity contribution in [1.29, 1.82) is 0 Å². The van der Waals surface area contributed by atoms with Crippen molar-refractivity contribution in [2.75, 3.05) is 19.7 Å². The maximum absolute atomic E-state index is 12.5. The lowest BCUT2D eigenvalue weighted by Gasteiger charge is -2.30. The molecular weight excluding hydrogens is 294 g/mol. The molecule has 2 N–H and O–H groups in total.